The van der Waals surface area contributed by atoms with Crippen LogP contribution in [0.15, 0.2) is 72.8 Å². The largest absolute Gasteiger partial charge is 0.507 e. The first-order valence-electron chi connectivity index (χ1n) is 7.15. The van der Waals surface area contributed by atoms with Crippen LogP contribution in [0.25, 0.3) is 33.3 Å². The van der Waals surface area contributed by atoms with Gasteiger partial charge in [-0.2, -0.15) is 5.10 Å². The second kappa shape index (κ2) is 5.04. The normalized spacial score (nSPS) is 10.9. The second-order valence-corrected chi connectivity index (χ2v) is 5.22. The van der Waals surface area contributed by atoms with Crippen LogP contribution in [0.2, 0.25) is 0 Å². The minimum absolute atomic E-state index is 0.279. The van der Waals surface area contributed by atoms with E-state index >= 15 is 0 Å². The first-order chi connectivity index (χ1) is 10.8. The third-order valence-electron chi connectivity index (χ3n) is 3.84. The summed E-state index contributed by atoms with van der Waals surface area (Å²) in [6.07, 6.45) is 0. The van der Waals surface area contributed by atoms with Gasteiger partial charge in [0.1, 0.15) is 5.75 Å². The molecule has 0 aliphatic heterocycles. The number of phenolic OH excluding ortho intramolecular Hbond substituents is 1. The van der Waals surface area contributed by atoms with Crippen LogP contribution in [0, 0.1) is 0 Å². The smallest absolute Gasteiger partial charge is 0.132 e. The quantitative estimate of drug-likeness (QED) is 0.565. The van der Waals surface area contributed by atoms with Gasteiger partial charge in [-0.1, -0.05) is 60.7 Å². The highest BCUT2D eigenvalue weighted by atomic mass is 16.3. The van der Waals surface area contributed by atoms with E-state index in [1.165, 1.54) is 0 Å². The lowest BCUT2D eigenvalue weighted by Crippen LogP contribution is -1.81. The molecule has 22 heavy (non-hydrogen) atoms. The number of hydrogen-bond donors (Lipinski definition) is 2. The van der Waals surface area contributed by atoms with Crippen LogP contribution < -0.4 is 0 Å². The number of aromatic nitrogens is 2. The number of H-pyrrole nitrogens is 1. The molecule has 0 atom stereocenters. The van der Waals surface area contributed by atoms with Gasteiger partial charge in [-0.15, -0.1) is 0 Å². The topological polar surface area (TPSA) is 48.9 Å². The van der Waals surface area contributed by atoms with E-state index in [1.807, 2.05) is 72.8 Å². The Labute approximate surface area is 127 Å². The Morgan fingerprint density at radius 3 is 2.45 bits per heavy atom. The van der Waals surface area contributed by atoms with Crippen molar-refractivity contribution in [2.24, 2.45) is 0 Å². The molecule has 4 aromatic rings. The van der Waals surface area contributed by atoms with Gasteiger partial charge in [0.15, 0.2) is 0 Å². The minimum atomic E-state index is 0.279. The fourth-order valence-electron chi connectivity index (χ4n) is 2.69. The number of fused-ring (bicyclic) bond motifs is 1. The van der Waals surface area contributed by atoms with Crippen LogP contribution in [0.3, 0.4) is 0 Å². The molecule has 106 valence electrons. The summed E-state index contributed by atoms with van der Waals surface area (Å²) in [6, 6.07) is 23.6. The third kappa shape index (κ3) is 2.04. The molecule has 0 unspecified atom stereocenters. The van der Waals surface area contributed by atoms with Crippen molar-refractivity contribution in [1.29, 1.82) is 0 Å². The standard InChI is InChI=1S/C19H14N2O/c22-19-15-9-5-4-6-13(15)10-11-16(19)18-12-17(20-21-18)14-7-2-1-3-8-14/h1-12,22H,(H,20,21). The number of benzene rings is 3. The Bertz CT molecular complexity index is 942. The van der Waals surface area contributed by atoms with Gasteiger partial charge in [-0.25, -0.2) is 0 Å². The first kappa shape index (κ1) is 12.7. The van der Waals surface area contributed by atoms with Crippen LogP contribution in [-0.4, -0.2) is 15.3 Å². The summed E-state index contributed by atoms with van der Waals surface area (Å²) in [5.74, 6) is 0.279. The lowest BCUT2D eigenvalue weighted by Gasteiger charge is -2.05. The summed E-state index contributed by atoms with van der Waals surface area (Å²) in [7, 11) is 0. The zero-order valence-electron chi connectivity index (χ0n) is 11.8. The maximum atomic E-state index is 10.5. The lowest BCUT2D eigenvalue weighted by molar-refractivity contribution is 0.483. The van der Waals surface area contributed by atoms with E-state index < -0.39 is 0 Å². The molecule has 0 aliphatic rings. The number of nitrogens with one attached hydrogen (secondary N) is 1. The van der Waals surface area contributed by atoms with Gasteiger partial charge < -0.3 is 5.11 Å². The summed E-state index contributed by atoms with van der Waals surface area (Å²) >= 11 is 0. The van der Waals surface area contributed by atoms with Crippen molar-refractivity contribution in [3.05, 3.63) is 72.8 Å². The highest BCUT2D eigenvalue weighted by Gasteiger charge is 2.11. The summed E-state index contributed by atoms with van der Waals surface area (Å²) in [4.78, 5) is 0. The van der Waals surface area contributed by atoms with Gasteiger partial charge in [-0.3, -0.25) is 5.10 Å². The monoisotopic (exact) mass is 286 g/mol. The predicted octanol–water partition coefficient (Wildman–Crippen LogP) is 4.60. The SMILES string of the molecule is Oc1c(-c2cc(-c3ccccc3)n[nH]2)ccc2ccccc12. The van der Waals surface area contributed by atoms with Crippen LogP contribution in [-0.2, 0) is 0 Å². The Morgan fingerprint density at radius 1 is 0.818 bits per heavy atom. The van der Waals surface area contributed by atoms with E-state index in [2.05, 4.69) is 10.2 Å². The molecular formula is C19H14N2O. The summed E-state index contributed by atoms with van der Waals surface area (Å²) in [6.45, 7) is 0. The van der Waals surface area contributed by atoms with Crippen molar-refractivity contribution in [2.45, 2.75) is 0 Å². The van der Waals surface area contributed by atoms with E-state index in [-0.39, 0.29) is 5.75 Å². The lowest BCUT2D eigenvalue weighted by atomic mass is 10.0. The molecule has 0 saturated carbocycles. The molecule has 1 aromatic heterocycles. The molecule has 0 bridgehead atoms. The van der Waals surface area contributed by atoms with Gasteiger partial charge in [0.25, 0.3) is 0 Å². The number of hydrogen-bond acceptors (Lipinski definition) is 2. The van der Waals surface area contributed by atoms with E-state index in [0.29, 0.717) is 0 Å². The Hall–Kier alpha value is -3.07. The average Bonchev–Trinajstić information content (AvgIpc) is 3.06. The maximum absolute atomic E-state index is 10.5. The van der Waals surface area contributed by atoms with Gasteiger partial charge >= 0.3 is 0 Å². The average molecular weight is 286 g/mol. The molecule has 0 amide bonds. The van der Waals surface area contributed by atoms with Crippen molar-refractivity contribution < 1.29 is 5.11 Å². The van der Waals surface area contributed by atoms with Gasteiger partial charge in [0.05, 0.1) is 11.4 Å². The molecule has 3 nitrogen and oxygen atoms in total. The summed E-state index contributed by atoms with van der Waals surface area (Å²) in [5, 5.41) is 19.8. The fraction of sp³-hybridized carbons (Fsp3) is 0. The zero-order chi connectivity index (χ0) is 14.9. The van der Waals surface area contributed by atoms with Crippen molar-refractivity contribution >= 4 is 10.8 Å². The molecule has 0 aliphatic carbocycles. The second-order valence-electron chi connectivity index (χ2n) is 5.22. The van der Waals surface area contributed by atoms with Crippen LogP contribution in [0.4, 0.5) is 0 Å². The molecule has 0 spiro atoms. The zero-order valence-corrected chi connectivity index (χ0v) is 11.8. The minimum Gasteiger partial charge on any atom is -0.507 e. The van der Waals surface area contributed by atoms with Crippen LogP contribution in [0.1, 0.15) is 0 Å². The number of aromatic amines is 1. The molecule has 0 fully saturated rings. The fourth-order valence-corrected chi connectivity index (χ4v) is 2.69. The van der Waals surface area contributed by atoms with Crippen LogP contribution >= 0.6 is 0 Å². The molecule has 0 saturated heterocycles. The van der Waals surface area contributed by atoms with Gasteiger partial charge in [-0.05, 0) is 17.5 Å². The van der Waals surface area contributed by atoms with Gasteiger partial charge in [0, 0.05) is 16.5 Å². The number of phenols is 1. The Kier molecular flexibility index (Phi) is 2.90. The molecule has 0 radical (unpaired) electrons. The van der Waals surface area contributed by atoms with Crippen molar-refractivity contribution in [2.75, 3.05) is 0 Å². The Morgan fingerprint density at radius 2 is 1.59 bits per heavy atom. The van der Waals surface area contributed by atoms with Crippen LogP contribution in [0.5, 0.6) is 5.75 Å². The highest BCUT2D eigenvalue weighted by molar-refractivity contribution is 5.94. The van der Waals surface area contributed by atoms with Crippen molar-refractivity contribution in [3.63, 3.8) is 0 Å². The van der Waals surface area contributed by atoms with E-state index in [4.69, 9.17) is 0 Å². The summed E-state index contributed by atoms with van der Waals surface area (Å²) < 4.78 is 0. The Balaban J connectivity index is 1.83. The van der Waals surface area contributed by atoms with E-state index in [9.17, 15) is 5.11 Å². The van der Waals surface area contributed by atoms with E-state index in [1.54, 1.807) is 0 Å². The number of aromatic hydroxyl groups is 1. The third-order valence-corrected chi connectivity index (χ3v) is 3.84. The highest BCUT2D eigenvalue weighted by Crippen LogP contribution is 2.35. The number of nitrogens with zero attached hydrogens (tertiary/aromatic N) is 1. The van der Waals surface area contributed by atoms with E-state index in [0.717, 1.165) is 33.3 Å². The maximum Gasteiger partial charge on any atom is 0.132 e. The molecule has 3 heteroatoms. The first-order valence-corrected chi connectivity index (χ1v) is 7.15. The molecule has 3 aromatic carbocycles. The predicted molar refractivity (Wildman–Crippen MR) is 88.6 cm³/mol. The van der Waals surface area contributed by atoms with Crippen molar-refractivity contribution in [3.8, 4) is 28.3 Å². The number of rotatable bonds is 2. The summed E-state index contributed by atoms with van der Waals surface area (Å²) in [5.41, 5.74) is 3.48. The molecular weight excluding hydrogens is 272 g/mol. The molecule has 4 rings (SSSR count). The molecule has 2 N–H and O–H groups in total. The molecule has 1 heterocycles. The van der Waals surface area contributed by atoms with Crippen molar-refractivity contribution in [1.82, 2.24) is 10.2 Å². The van der Waals surface area contributed by atoms with Gasteiger partial charge in [0.2, 0.25) is 0 Å².